The van der Waals surface area contributed by atoms with E-state index >= 15 is 0 Å². The molecule has 1 aromatic rings. The quantitative estimate of drug-likeness (QED) is 0.377. The fraction of sp³-hybridized carbons (Fsp3) is 0.500. The van der Waals surface area contributed by atoms with Gasteiger partial charge in [0.15, 0.2) is 5.84 Å². The maximum absolute atomic E-state index is 8.69. The van der Waals surface area contributed by atoms with Crippen LogP contribution in [0.2, 0.25) is 0 Å². The van der Waals surface area contributed by atoms with Gasteiger partial charge in [-0.25, -0.2) is 0 Å². The molecule has 0 bridgehead atoms. The predicted molar refractivity (Wildman–Crippen MR) is 72.7 cm³/mol. The van der Waals surface area contributed by atoms with Gasteiger partial charge >= 0.3 is 0 Å². The number of amidine groups is 1. The lowest BCUT2D eigenvalue weighted by atomic mass is 10.0. The van der Waals surface area contributed by atoms with Crippen LogP contribution in [0.4, 0.5) is 0 Å². The second-order valence-electron chi connectivity index (χ2n) is 4.83. The largest absolute Gasteiger partial charge is 0.493 e. The first-order valence-corrected chi connectivity index (χ1v) is 6.50. The van der Waals surface area contributed by atoms with Crippen molar-refractivity contribution in [2.24, 2.45) is 16.8 Å². The summed E-state index contributed by atoms with van der Waals surface area (Å²) in [6.07, 6.45) is 2.08. The maximum Gasteiger partial charge on any atom is 0.170 e. The van der Waals surface area contributed by atoms with Crippen LogP contribution in [0.15, 0.2) is 23.4 Å². The molecule has 1 fully saturated rings. The zero-order valence-electron chi connectivity index (χ0n) is 11.1. The van der Waals surface area contributed by atoms with E-state index in [2.05, 4.69) is 5.16 Å². The molecule has 0 atom stereocenters. The van der Waals surface area contributed by atoms with Crippen molar-refractivity contribution in [2.75, 3.05) is 19.8 Å². The maximum atomic E-state index is 8.69. The zero-order chi connectivity index (χ0) is 13.7. The minimum absolute atomic E-state index is 0.0934. The Labute approximate surface area is 113 Å². The number of ether oxygens (including phenoxy) is 2. The summed E-state index contributed by atoms with van der Waals surface area (Å²) in [6.45, 7) is 4.30. The summed E-state index contributed by atoms with van der Waals surface area (Å²) in [5.41, 5.74) is 7.29. The lowest BCUT2D eigenvalue weighted by Crippen LogP contribution is -2.21. The Bertz CT molecular complexity index is 454. The number of nitrogens with two attached hydrogens (primary N) is 1. The topological polar surface area (TPSA) is 77.1 Å². The molecule has 0 radical (unpaired) electrons. The highest BCUT2D eigenvalue weighted by Crippen LogP contribution is 2.22. The van der Waals surface area contributed by atoms with E-state index in [-0.39, 0.29) is 5.84 Å². The Kier molecular flexibility index (Phi) is 4.63. The molecule has 5 heteroatoms. The van der Waals surface area contributed by atoms with E-state index < -0.39 is 0 Å². The molecular weight excluding hydrogens is 244 g/mol. The normalized spacial score (nSPS) is 17.4. The minimum atomic E-state index is 0.0934. The van der Waals surface area contributed by atoms with Gasteiger partial charge in [-0.3, -0.25) is 0 Å². The van der Waals surface area contributed by atoms with Crippen molar-refractivity contribution in [2.45, 2.75) is 19.8 Å². The summed E-state index contributed by atoms with van der Waals surface area (Å²) in [5.74, 6) is 1.42. The molecule has 1 aromatic carbocycles. The summed E-state index contributed by atoms with van der Waals surface area (Å²) in [7, 11) is 0. The molecular formula is C14H20N2O3. The van der Waals surface area contributed by atoms with Crippen molar-refractivity contribution in [3.8, 4) is 5.75 Å². The standard InChI is InChI=1S/C14H20N2O3/c1-10-2-3-12(14(15)16-17)8-13(10)19-9-11-4-6-18-7-5-11/h2-3,8,11,17H,4-7,9H2,1H3,(H2,15,16). The average molecular weight is 264 g/mol. The highest BCUT2D eigenvalue weighted by Gasteiger charge is 2.15. The number of rotatable bonds is 4. The van der Waals surface area contributed by atoms with Crippen molar-refractivity contribution in [3.63, 3.8) is 0 Å². The van der Waals surface area contributed by atoms with E-state index in [0.717, 1.165) is 37.4 Å². The van der Waals surface area contributed by atoms with E-state index in [1.807, 2.05) is 25.1 Å². The Morgan fingerprint density at radius 3 is 2.89 bits per heavy atom. The molecule has 1 saturated heterocycles. The van der Waals surface area contributed by atoms with Crippen LogP contribution < -0.4 is 10.5 Å². The number of benzene rings is 1. The number of nitrogens with zero attached hydrogens (tertiary/aromatic N) is 1. The molecule has 0 spiro atoms. The van der Waals surface area contributed by atoms with E-state index in [1.54, 1.807) is 0 Å². The lowest BCUT2D eigenvalue weighted by Gasteiger charge is -2.22. The van der Waals surface area contributed by atoms with Gasteiger partial charge in [0.05, 0.1) is 6.61 Å². The van der Waals surface area contributed by atoms with E-state index in [0.29, 0.717) is 18.1 Å². The highest BCUT2D eigenvalue weighted by molar-refractivity contribution is 5.97. The fourth-order valence-corrected chi connectivity index (χ4v) is 2.09. The summed E-state index contributed by atoms with van der Waals surface area (Å²) in [5, 5.41) is 11.7. The number of hydrogen-bond acceptors (Lipinski definition) is 4. The Balaban J connectivity index is 2.02. The molecule has 3 N–H and O–H groups in total. The number of hydrogen-bond donors (Lipinski definition) is 2. The van der Waals surface area contributed by atoms with Gasteiger partial charge in [0.1, 0.15) is 5.75 Å². The third-order valence-corrected chi connectivity index (χ3v) is 3.41. The summed E-state index contributed by atoms with van der Waals surface area (Å²) in [6, 6.07) is 5.53. The molecule has 5 nitrogen and oxygen atoms in total. The molecule has 0 saturated carbocycles. The minimum Gasteiger partial charge on any atom is -0.493 e. The first-order chi connectivity index (χ1) is 9.20. The van der Waals surface area contributed by atoms with Crippen LogP contribution in [0, 0.1) is 12.8 Å². The molecule has 1 aliphatic rings. The van der Waals surface area contributed by atoms with E-state index in [1.165, 1.54) is 0 Å². The van der Waals surface area contributed by atoms with Crippen LogP contribution in [-0.2, 0) is 4.74 Å². The Hall–Kier alpha value is -1.75. The van der Waals surface area contributed by atoms with Crippen molar-refractivity contribution >= 4 is 5.84 Å². The van der Waals surface area contributed by atoms with Crippen LogP contribution in [-0.4, -0.2) is 30.9 Å². The first kappa shape index (κ1) is 13.7. The van der Waals surface area contributed by atoms with Gasteiger partial charge < -0.3 is 20.4 Å². The van der Waals surface area contributed by atoms with E-state index in [4.69, 9.17) is 20.4 Å². The van der Waals surface area contributed by atoms with E-state index in [9.17, 15) is 0 Å². The third-order valence-electron chi connectivity index (χ3n) is 3.41. The zero-order valence-corrected chi connectivity index (χ0v) is 11.1. The molecule has 104 valence electrons. The van der Waals surface area contributed by atoms with Crippen molar-refractivity contribution in [1.29, 1.82) is 0 Å². The molecule has 1 heterocycles. The molecule has 0 unspecified atom stereocenters. The SMILES string of the molecule is Cc1ccc(/C(N)=N/O)cc1OCC1CCOCC1. The van der Waals surface area contributed by atoms with Crippen molar-refractivity contribution in [3.05, 3.63) is 29.3 Å². The van der Waals surface area contributed by atoms with Gasteiger partial charge in [-0.15, -0.1) is 0 Å². The average Bonchev–Trinajstić information content (AvgIpc) is 2.46. The predicted octanol–water partition coefficient (Wildman–Crippen LogP) is 1.89. The Morgan fingerprint density at radius 1 is 1.47 bits per heavy atom. The molecule has 0 aliphatic carbocycles. The van der Waals surface area contributed by atoms with Crippen LogP contribution >= 0.6 is 0 Å². The Morgan fingerprint density at radius 2 is 2.21 bits per heavy atom. The second kappa shape index (κ2) is 6.43. The fourth-order valence-electron chi connectivity index (χ4n) is 2.09. The highest BCUT2D eigenvalue weighted by atomic mass is 16.5. The molecule has 0 aromatic heterocycles. The second-order valence-corrected chi connectivity index (χ2v) is 4.83. The number of oxime groups is 1. The third kappa shape index (κ3) is 3.61. The molecule has 1 aliphatic heterocycles. The van der Waals surface area contributed by atoms with Crippen LogP contribution in [0.1, 0.15) is 24.0 Å². The van der Waals surface area contributed by atoms with Crippen molar-refractivity contribution < 1.29 is 14.7 Å². The summed E-state index contributed by atoms with van der Waals surface area (Å²) in [4.78, 5) is 0. The van der Waals surface area contributed by atoms with Gasteiger partial charge in [0.2, 0.25) is 0 Å². The van der Waals surface area contributed by atoms with Gasteiger partial charge in [0.25, 0.3) is 0 Å². The van der Waals surface area contributed by atoms with Crippen LogP contribution in [0.25, 0.3) is 0 Å². The summed E-state index contributed by atoms with van der Waals surface area (Å²) < 4.78 is 11.2. The van der Waals surface area contributed by atoms with Gasteiger partial charge in [-0.2, -0.15) is 0 Å². The van der Waals surface area contributed by atoms with Gasteiger partial charge in [-0.1, -0.05) is 17.3 Å². The van der Waals surface area contributed by atoms with Gasteiger partial charge in [0, 0.05) is 18.8 Å². The monoisotopic (exact) mass is 264 g/mol. The van der Waals surface area contributed by atoms with Crippen molar-refractivity contribution in [1.82, 2.24) is 0 Å². The van der Waals surface area contributed by atoms with Crippen LogP contribution in [0.5, 0.6) is 5.75 Å². The number of aryl methyl sites for hydroxylation is 1. The molecule has 0 amide bonds. The van der Waals surface area contributed by atoms with Gasteiger partial charge in [-0.05, 0) is 37.3 Å². The molecule has 19 heavy (non-hydrogen) atoms. The summed E-state index contributed by atoms with van der Waals surface area (Å²) >= 11 is 0. The van der Waals surface area contributed by atoms with Crippen LogP contribution in [0.3, 0.4) is 0 Å². The molecule has 2 rings (SSSR count). The smallest absolute Gasteiger partial charge is 0.170 e. The lowest BCUT2D eigenvalue weighted by molar-refractivity contribution is 0.0496. The first-order valence-electron chi connectivity index (χ1n) is 6.50.